The molecule has 1 amide bonds. The lowest BCUT2D eigenvalue weighted by atomic mass is 10.1. The van der Waals surface area contributed by atoms with Crippen molar-refractivity contribution in [2.24, 2.45) is 5.92 Å². The van der Waals surface area contributed by atoms with Gasteiger partial charge in [0.1, 0.15) is 11.3 Å². The highest BCUT2D eigenvalue weighted by Gasteiger charge is 2.35. The van der Waals surface area contributed by atoms with Gasteiger partial charge in [0.2, 0.25) is 0 Å². The van der Waals surface area contributed by atoms with Crippen molar-refractivity contribution in [2.45, 2.75) is 40.2 Å². The van der Waals surface area contributed by atoms with Crippen LogP contribution in [0.4, 0.5) is 0 Å². The number of amides is 1. The van der Waals surface area contributed by atoms with Gasteiger partial charge in [-0.1, -0.05) is 13.8 Å². The van der Waals surface area contributed by atoms with Gasteiger partial charge in [-0.15, -0.1) is 0 Å². The zero-order valence-electron chi connectivity index (χ0n) is 17.2. The Morgan fingerprint density at radius 3 is 2.66 bits per heavy atom. The summed E-state index contributed by atoms with van der Waals surface area (Å²) in [4.78, 5) is 26.2. The van der Waals surface area contributed by atoms with Crippen molar-refractivity contribution in [1.29, 1.82) is 0 Å². The van der Waals surface area contributed by atoms with Crippen LogP contribution in [-0.2, 0) is 14.6 Å². The second-order valence-electron chi connectivity index (χ2n) is 8.10. The van der Waals surface area contributed by atoms with Gasteiger partial charge in [0.25, 0.3) is 5.91 Å². The number of carbonyl (C=O) groups excluding carboxylic acids is 1. The second-order valence-corrected chi connectivity index (χ2v) is 10.3. The number of hydrogen-bond acceptors (Lipinski definition) is 6. The molecule has 0 spiro atoms. The second kappa shape index (κ2) is 8.18. The third kappa shape index (κ3) is 4.80. The smallest absolute Gasteiger partial charge is 0.336 e. The van der Waals surface area contributed by atoms with Gasteiger partial charge >= 0.3 is 5.63 Å². The van der Waals surface area contributed by atoms with Crippen LogP contribution in [0.2, 0.25) is 0 Å². The molecule has 158 valence electrons. The predicted molar refractivity (Wildman–Crippen MR) is 111 cm³/mol. The molecule has 0 N–H and O–H groups in total. The van der Waals surface area contributed by atoms with Crippen molar-refractivity contribution in [1.82, 2.24) is 4.90 Å². The van der Waals surface area contributed by atoms with Gasteiger partial charge in [-0.3, -0.25) is 4.79 Å². The van der Waals surface area contributed by atoms with E-state index in [1.807, 2.05) is 20.8 Å². The molecule has 8 heteroatoms. The van der Waals surface area contributed by atoms with Crippen molar-refractivity contribution in [3.05, 3.63) is 39.7 Å². The van der Waals surface area contributed by atoms with E-state index in [0.717, 1.165) is 10.9 Å². The standard InChI is InChI=1S/C21H27NO6S/c1-13(2)10-22(16-7-8-29(25,26)12-16)19(23)11-27-18-6-5-17-14(3)9-20(24)28-21(17)15(18)4/h5-6,9,13,16H,7-8,10-12H2,1-4H3/t16-/m0/s1. The van der Waals surface area contributed by atoms with Gasteiger partial charge in [0.05, 0.1) is 11.5 Å². The minimum Gasteiger partial charge on any atom is -0.483 e. The van der Waals surface area contributed by atoms with Crippen LogP contribution in [0.3, 0.4) is 0 Å². The molecule has 0 aliphatic carbocycles. The average Bonchev–Trinajstić information content (AvgIpc) is 2.98. The molecular formula is C21H27NO6S. The maximum absolute atomic E-state index is 12.9. The van der Waals surface area contributed by atoms with Gasteiger partial charge in [-0.25, -0.2) is 13.2 Å². The van der Waals surface area contributed by atoms with Crippen molar-refractivity contribution in [3.8, 4) is 5.75 Å². The van der Waals surface area contributed by atoms with E-state index in [-0.39, 0.29) is 36.0 Å². The Hall–Kier alpha value is -2.35. The lowest BCUT2D eigenvalue weighted by molar-refractivity contribution is -0.135. The molecule has 7 nitrogen and oxygen atoms in total. The Kier molecular flexibility index (Phi) is 6.03. The summed E-state index contributed by atoms with van der Waals surface area (Å²) in [5.41, 5.74) is 1.47. The Balaban J connectivity index is 1.79. The fourth-order valence-electron chi connectivity index (χ4n) is 3.75. The third-order valence-corrected chi connectivity index (χ3v) is 6.95. The Morgan fingerprint density at radius 1 is 1.31 bits per heavy atom. The van der Waals surface area contributed by atoms with E-state index in [0.29, 0.717) is 29.9 Å². The molecule has 0 bridgehead atoms. The molecule has 0 radical (unpaired) electrons. The fraction of sp³-hybridized carbons (Fsp3) is 0.524. The number of fused-ring (bicyclic) bond motifs is 1. The first-order chi connectivity index (χ1) is 13.6. The molecule has 1 fully saturated rings. The zero-order valence-corrected chi connectivity index (χ0v) is 18.0. The topological polar surface area (TPSA) is 93.9 Å². The van der Waals surface area contributed by atoms with Crippen LogP contribution in [0.25, 0.3) is 11.0 Å². The number of aryl methyl sites for hydroxylation is 2. The summed E-state index contributed by atoms with van der Waals surface area (Å²) in [6.45, 7) is 7.87. The minimum absolute atomic E-state index is 0.00486. The summed E-state index contributed by atoms with van der Waals surface area (Å²) in [5, 5.41) is 0.818. The summed E-state index contributed by atoms with van der Waals surface area (Å²) in [5.74, 6) is 0.545. The SMILES string of the molecule is Cc1cc(=O)oc2c(C)c(OCC(=O)N(CC(C)C)[C@H]3CCS(=O)(=O)C3)ccc12. The van der Waals surface area contributed by atoms with E-state index in [9.17, 15) is 18.0 Å². The number of benzene rings is 1. The lowest BCUT2D eigenvalue weighted by Gasteiger charge is -2.30. The van der Waals surface area contributed by atoms with Crippen LogP contribution < -0.4 is 10.4 Å². The van der Waals surface area contributed by atoms with Crippen LogP contribution >= 0.6 is 0 Å². The van der Waals surface area contributed by atoms with Gasteiger partial charge in [0.15, 0.2) is 16.4 Å². The number of hydrogen-bond donors (Lipinski definition) is 0. The molecule has 1 saturated heterocycles. The first-order valence-electron chi connectivity index (χ1n) is 9.74. The lowest BCUT2D eigenvalue weighted by Crippen LogP contribution is -2.45. The van der Waals surface area contributed by atoms with Crippen LogP contribution in [0.5, 0.6) is 5.75 Å². The van der Waals surface area contributed by atoms with Gasteiger partial charge < -0.3 is 14.1 Å². The van der Waals surface area contributed by atoms with E-state index in [2.05, 4.69) is 0 Å². The third-order valence-electron chi connectivity index (χ3n) is 5.20. The molecule has 2 aromatic rings. The minimum atomic E-state index is -3.09. The normalized spacial score (nSPS) is 18.3. The Morgan fingerprint density at radius 2 is 2.03 bits per heavy atom. The van der Waals surface area contributed by atoms with Crippen LogP contribution in [0.15, 0.2) is 27.4 Å². The zero-order chi connectivity index (χ0) is 21.3. The maximum Gasteiger partial charge on any atom is 0.336 e. The van der Waals surface area contributed by atoms with Crippen molar-refractivity contribution < 1.29 is 22.4 Å². The van der Waals surface area contributed by atoms with E-state index < -0.39 is 15.5 Å². The molecule has 1 aliphatic heterocycles. The molecular weight excluding hydrogens is 394 g/mol. The molecule has 0 unspecified atom stereocenters. The molecule has 1 aliphatic rings. The van der Waals surface area contributed by atoms with E-state index in [4.69, 9.17) is 9.15 Å². The van der Waals surface area contributed by atoms with Gasteiger partial charge in [-0.2, -0.15) is 0 Å². The van der Waals surface area contributed by atoms with Crippen molar-refractivity contribution in [3.63, 3.8) is 0 Å². The van der Waals surface area contributed by atoms with Crippen molar-refractivity contribution >= 4 is 26.7 Å². The van der Waals surface area contributed by atoms with Gasteiger partial charge in [-0.05, 0) is 43.9 Å². The molecule has 29 heavy (non-hydrogen) atoms. The largest absolute Gasteiger partial charge is 0.483 e. The summed E-state index contributed by atoms with van der Waals surface area (Å²) in [6.07, 6.45) is 0.459. The Bertz CT molecular complexity index is 1090. The highest BCUT2D eigenvalue weighted by atomic mass is 32.2. The van der Waals surface area contributed by atoms with Crippen LogP contribution in [0.1, 0.15) is 31.4 Å². The summed E-state index contributed by atoms with van der Waals surface area (Å²) >= 11 is 0. The Labute approximate surface area is 170 Å². The van der Waals surface area contributed by atoms with Crippen LogP contribution in [0, 0.1) is 19.8 Å². The predicted octanol–water partition coefficient (Wildman–Crippen LogP) is 2.46. The first kappa shape index (κ1) is 21.4. The summed E-state index contributed by atoms with van der Waals surface area (Å²) in [7, 11) is -3.09. The van der Waals surface area contributed by atoms with E-state index >= 15 is 0 Å². The summed E-state index contributed by atoms with van der Waals surface area (Å²) in [6, 6.07) is 4.68. The van der Waals surface area contributed by atoms with Crippen LogP contribution in [-0.4, -0.2) is 49.9 Å². The molecule has 1 aromatic carbocycles. The van der Waals surface area contributed by atoms with Gasteiger partial charge in [0, 0.05) is 29.6 Å². The van der Waals surface area contributed by atoms with Crippen molar-refractivity contribution in [2.75, 3.05) is 24.7 Å². The van der Waals surface area contributed by atoms with E-state index in [1.54, 1.807) is 24.0 Å². The summed E-state index contributed by atoms with van der Waals surface area (Å²) < 4.78 is 34.8. The average molecular weight is 422 g/mol. The number of nitrogens with zero attached hydrogens (tertiary/aromatic N) is 1. The van der Waals surface area contributed by atoms with E-state index in [1.165, 1.54) is 6.07 Å². The quantitative estimate of drug-likeness (QED) is 0.665. The molecule has 0 saturated carbocycles. The number of sulfone groups is 1. The maximum atomic E-state index is 12.9. The number of carbonyl (C=O) groups is 1. The highest BCUT2D eigenvalue weighted by molar-refractivity contribution is 7.91. The highest BCUT2D eigenvalue weighted by Crippen LogP contribution is 2.28. The molecule has 1 atom stereocenters. The number of rotatable bonds is 6. The molecule has 1 aromatic heterocycles. The fourth-order valence-corrected chi connectivity index (χ4v) is 5.48. The molecule has 2 heterocycles. The number of ether oxygens (including phenoxy) is 1. The molecule has 3 rings (SSSR count). The monoisotopic (exact) mass is 421 g/mol. The first-order valence-corrected chi connectivity index (χ1v) is 11.6.